The van der Waals surface area contributed by atoms with Gasteiger partial charge in [-0.2, -0.15) is 0 Å². The number of oxazole rings is 1. The third-order valence-corrected chi connectivity index (χ3v) is 4.31. The highest BCUT2D eigenvalue weighted by Gasteiger charge is 2.15. The molecular weight excluding hydrogens is 292 g/mol. The van der Waals surface area contributed by atoms with Gasteiger partial charge >= 0.3 is 0 Å². The number of Topliss-reactive ketones (excluding diaryl/α,β-unsaturated/α-hetero) is 1. The Balaban J connectivity index is 2.04. The average Bonchev–Trinajstić information content (AvgIpc) is 2.84. The number of hydrogen-bond donors (Lipinski definition) is 1. The van der Waals surface area contributed by atoms with Crippen LogP contribution in [0.3, 0.4) is 0 Å². The topological polar surface area (TPSA) is 89.3 Å². The van der Waals surface area contributed by atoms with Crippen LogP contribution in [-0.2, 0) is 16.4 Å². The molecule has 1 aromatic carbocycles. The number of nitrogens with one attached hydrogen (secondary N) is 1. The van der Waals surface area contributed by atoms with Crippen molar-refractivity contribution in [1.82, 2.24) is 9.71 Å². The van der Waals surface area contributed by atoms with Gasteiger partial charge in [0, 0.05) is 18.5 Å². The number of carbonyl (C=O) groups is 1. The maximum atomic E-state index is 12.1. The summed E-state index contributed by atoms with van der Waals surface area (Å²) in [6.07, 6.45) is 1.94. The van der Waals surface area contributed by atoms with E-state index in [2.05, 4.69) is 9.71 Å². The molecular formula is C14H16N2O4S. The van der Waals surface area contributed by atoms with E-state index in [1.807, 2.05) is 0 Å². The molecule has 2 aromatic rings. The third-order valence-electron chi connectivity index (χ3n) is 2.85. The molecule has 7 heteroatoms. The zero-order chi connectivity index (χ0) is 15.5. The minimum absolute atomic E-state index is 0.0683. The van der Waals surface area contributed by atoms with Crippen molar-refractivity contribution in [2.75, 3.05) is 6.54 Å². The van der Waals surface area contributed by atoms with Crippen molar-refractivity contribution >= 4 is 15.8 Å². The highest BCUT2D eigenvalue weighted by molar-refractivity contribution is 7.89. The third kappa shape index (κ3) is 3.99. The van der Waals surface area contributed by atoms with Crippen molar-refractivity contribution in [1.29, 1.82) is 0 Å². The second-order valence-corrected chi connectivity index (χ2v) is 6.36. The van der Waals surface area contributed by atoms with Crippen LogP contribution in [0.2, 0.25) is 0 Å². The Bertz CT molecular complexity index is 750. The van der Waals surface area contributed by atoms with Gasteiger partial charge in [-0.05, 0) is 26.0 Å². The van der Waals surface area contributed by atoms with E-state index in [9.17, 15) is 13.2 Å². The lowest BCUT2D eigenvalue weighted by molar-refractivity contribution is 0.101. The molecule has 0 aliphatic heterocycles. The molecule has 0 radical (unpaired) electrons. The van der Waals surface area contributed by atoms with Gasteiger partial charge in [0.2, 0.25) is 10.0 Å². The molecule has 0 fully saturated rings. The highest BCUT2D eigenvalue weighted by Crippen LogP contribution is 2.12. The molecule has 1 heterocycles. The Hall–Kier alpha value is -1.99. The van der Waals surface area contributed by atoms with Gasteiger partial charge in [0.15, 0.2) is 11.7 Å². The minimum Gasteiger partial charge on any atom is -0.446 e. The Morgan fingerprint density at radius 3 is 2.76 bits per heavy atom. The first kappa shape index (κ1) is 15.4. The highest BCUT2D eigenvalue weighted by atomic mass is 32.2. The largest absolute Gasteiger partial charge is 0.446 e. The van der Waals surface area contributed by atoms with Gasteiger partial charge in [-0.3, -0.25) is 4.79 Å². The van der Waals surface area contributed by atoms with Crippen LogP contribution in [0, 0.1) is 6.92 Å². The van der Waals surface area contributed by atoms with Crippen LogP contribution < -0.4 is 4.72 Å². The number of aromatic nitrogens is 1. The number of hydrogen-bond acceptors (Lipinski definition) is 5. The molecule has 0 saturated carbocycles. The summed E-state index contributed by atoms with van der Waals surface area (Å²) >= 11 is 0. The second kappa shape index (κ2) is 6.19. The smallest absolute Gasteiger partial charge is 0.240 e. The second-order valence-electron chi connectivity index (χ2n) is 4.60. The van der Waals surface area contributed by atoms with Crippen molar-refractivity contribution < 1.29 is 17.6 Å². The normalized spacial score (nSPS) is 11.5. The van der Waals surface area contributed by atoms with E-state index in [-0.39, 0.29) is 17.2 Å². The van der Waals surface area contributed by atoms with Crippen LogP contribution in [0.5, 0.6) is 0 Å². The van der Waals surface area contributed by atoms with Gasteiger partial charge in [0.1, 0.15) is 5.76 Å². The summed E-state index contributed by atoms with van der Waals surface area (Å²) in [5.74, 6) is 0.983. The van der Waals surface area contributed by atoms with Crippen LogP contribution in [-0.4, -0.2) is 25.7 Å². The Morgan fingerprint density at radius 1 is 1.38 bits per heavy atom. The summed E-state index contributed by atoms with van der Waals surface area (Å²) in [5, 5.41) is 0. The molecule has 0 atom stereocenters. The quantitative estimate of drug-likeness (QED) is 0.821. The van der Waals surface area contributed by atoms with Crippen molar-refractivity contribution in [3.8, 4) is 0 Å². The van der Waals surface area contributed by atoms with Crippen molar-refractivity contribution in [3.05, 3.63) is 47.7 Å². The van der Waals surface area contributed by atoms with Crippen LogP contribution >= 0.6 is 0 Å². The number of sulfonamides is 1. The van der Waals surface area contributed by atoms with E-state index < -0.39 is 10.0 Å². The average molecular weight is 308 g/mol. The molecule has 6 nitrogen and oxygen atoms in total. The molecule has 0 unspecified atom stereocenters. The summed E-state index contributed by atoms with van der Waals surface area (Å²) < 4.78 is 32.0. The SMILES string of the molecule is CC(=O)c1cccc(S(=O)(=O)NCCc2ncc(C)o2)c1. The number of ketones is 1. The van der Waals surface area contributed by atoms with Crippen LogP contribution in [0.4, 0.5) is 0 Å². The lowest BCUT2D eigenvalue weighted by Gasteiger charge is -2.06. The first-order valence-corrected chi connectivity index (χ1v) is 7.89. The maximum absolute atomic E-state index is 12.1. The fraction of sp³-hybridized carbons (Fsp3) is 0.286. The fourth-order valence-electron chi connectivity index (χ4n) is 1.77. The van der Waals surface area contributed by atoms with Gasteiger partial charge in [0.05, 0.1) is 11.1 Å². The van der Waals surface area contributed by atoms with Crippen molar-refractivity contribution in [2.45, 2.75) is 25.2 Å². The van der Waals surface area contributed by atoms with Gasteiger partial charge in [-0.1, -0.05) is 12.1 Å². The first-order chi connectivity index (χ1) is 9.88. The van der Waals surface area contributed by atoms with Crippen LogP contribution in [0.1, 0.15) is 28.9 Å². The molecule has 112 valence electrons. The Morgan fingerprint density at radius 2 is 2.14 bits per heavy atom. The standard InChI is InChI=1S/C14H16N2O4S/c1-10-9-15-14(20-10)6-7-16-21(18,19)13-5-3-4-12(8-13)11(2)17/h3-5,8-9,16H,6-7H2,1-2H3. The van der Waals surface area contributed by atoms with E-state index in [4.69, 9.17) is 4.42 Å². The number of benzene rings is 1. The number of carbonyl (C=O) groups excluding carboxylic acids is 1. The van der Waals surface area contributed by atoms with Gasteiger partial charge in [-0.15, -0.1) is 0 Å². The Kier molecular flexibility index (Phi) is 4.54. The molecule has 0 saturated heterocycles. The number of rotatable bonds is 6. The molecule has 0 amide bonds. The zero-order valence-electron chi connectivity index (χ0n) is 11.8. The summed E-state index contributed by atoms with van der Waals surface area (Å²) in [6, 6.07) is 5.93. The lowest BCUT2D eigenvalue weighted by atomic mass is 10.2. The zero-order valence-corrected chi connectivity index (χ0v) is 12.6. The van der Waals surface area contributed by atoms with Crippen molar-refractivity contribution in [2.24, 2.45) is 0 Å². The molecule has 21 heavy (non-hydrogen) atoms. The predicted molar refractivity (Wildman–Crippen MR) is 76.6 cm³/mol. The van der Waals surface area contributed by atoms with Crippen LogP contribution in [0.25, 0.3) is 0 Å². The maximum Gasteiger partial charge on any atom is 0.240 e. The Labute approximate surface area is 123 Å². The molecule has 1 N–H and O–H groups in total. The summed E-state index contributed by atoms with van der Waals surface area (Å²) in [6.45, 7) is 3.34. The minimum atomic E-state index is -3.65. The molecule has 0 bridgehead atoms. The predicted octanol–water partition coefficient (Wildman–Crippen LogP) is 1.71. The van der Waals surface area contributed by atoms with E-state index in [0.717, 1.165) is 0 Å². The van der Waals surface area contributed by atoms with Crippen molar-refractivity contribution in [3.63, 3.8) is 0 Å². The summed E-state index contributed by atoms with van der Waals surface area (Å²) in [5.41, 5.74) is 0.362. The fourth-order valence-corrected chi connectivity index (χ4v) is 2.85. The van der Waals surface area contributed by atoms with E-state index in [0.29, 0.717) is 23.6 Å². The van der Waals surface area contributed by atoms with E-state index >= 15 is 0 Å². The molecule has 1 aromatic heterocycles. The van der Waals surface area contributed by atoms with Crippen LogP contribution in [0.15, 0.2) is 39.8 Å². The summed E-state index contributed by atoms with van der Waals surface area (Å²) in [7, 11) is -3.65. The molecule has 0 spiro atoms. The monoisotopic (exact) mass is 308 g/mol. The van der Waals surface area contributed by atoms with Gasteiger partial charge in [0.25, 0.3) is 0 Å². The summed E-state index contributed by atoms with van der Waals surface area (Å²) in [4.78, 5) is 15.4. The van der Waals surface area contributed by atoms with Gasteiger partial charge < -0.3 is 4.42 Å². The van der Waals surface area contributed by atoms with Gasteiger partial charge in [-0.25, -0.2) is 18.1 Å². The van der Waals surface area contributed by atoms with E-state index in [1.165, 1.54) is 19.1 Å². The number of aryl methyl sites for hydroxylation is 1. The molecule has 2 rings (SSSR count). The first-order valence-electron chi connectivity index (χ1n) is 6.40. The number of nitrogens with zero attached hydrogens (tertiary/aromatic N) is 1. The molecule has 0 aliphatic carbocycles. The lowest BCUT2D eigenvalue weighted by Crippen LogP contribution is -2.26. The molecule has 0 aliphatic rings. The van der Waals surface area contributed by atoms with E-state index in [1.54, 1.807) is 25.3 Å².